The molecular weight excluding hydrogens is 731 g/mol. The molecule has 4 N–H and O–H groups in total. The van der Waals surface area contributed by atoms with Gasteiger partial charge in [0.1, 0.15) is 29.5 Å². The van der Waals surface area contributed by atoms with E-state index in [1.54, 1.807) is 31.2 Å². The van der Waals surface area contributed by atoms with E-state index in [-0.39, 0.29) is 51.3 Å². The third-order valence-electron chi connectivity index (χ3n) is 9.94. The Morgan fingerprint density at radius 3 is 2.45 bits per heavy atom. The van der Waals surface area contributed by atoms with Crippen LogP contribution in [0.25, 0.3) is 10.8 Å². The fourth-order valence-electron chi connectivity index (χ4n) is 6.76. The molecular formula is C33H42F3N5O11S. The Bertz CT molecular complexity index is 1840. The topological polar surface area (TPSA) is 212 Å². The Kier molecular flexibility index (Phi) is 11.4. The van der Waals surface area contributed by atoms with Gasteiger partial charge in [0.05, 0.1) is 13.7 Å². The summed E-state index contributed by atoms with van der Waals surface area (Å²) in [7, 11) is -3.47. The number of nitrogens with zero attached hydrogens (tertiary/aromatic N) is 2. The number of rotatable bonds is 12. The lowest BCUT2D eigenvalue weighted by molar-refractivity contribution is -0.244. The zero-order valence-corrected chi connectivity index (χ0v) is 30.2. The molecule has 3 fully saturated rings. The van der Waals surface area contributed by atoms with Crippen molar-refractivity contribution < 1.29 is 64.3 Å². The second-order valence-electron chi connectivity index (χ2n) is 13.8. The first-order valence-corrected chi connectivity index (χ1v) is 18.4. The molecule has 4 amide bonds. The third-order valence-corrected chi connectivity index (χ3v) is 10.4. The molecule has 0 radical (unpaired) electrons. The standard InChI is InChI=1S/C33H42F3N5O11S/c1-5-20-16-32(20,29(44)40-53(46,47)48)39-26(42)24-15-22(51-27-23-7-6-21(49-4)14-19(23)8-11-37-27)17-41(24)28(43)25(18-9-12-50-13-10-18)38-30(45)52-31(2,3)33(34,35)36/h6-8,11,14,18,20,22,24-25H,5,9-10,12-13,15-17H2,1-4H3,(H,38,45)(H,39,42)(H,40,44)(H,46,47,48)/t20-,22?,24+,25+,32-/m1/s1. The van der Waals surface area contributed by atoms with Gasteiger partial charge >= 0.3 is 22.6 Å². The van der Waals surface area contributed by atoms with Crippen LogP contribution in [-0.4, -0.2) is 109 Å². The number of alkyl carbamates (subject to hydrolysis) is 1. The lowest BCUT2D eigenvalue weighted by Crippen LogP contribution is -2.60. The van der Waals surface area contributed by atoms with Crippen molar-refractivity contribution in [3.63, 3.8) is 0 Å². The molecule has 2 aromatic rings. The second kappa shape index (κ2) is 15.1. The monoisotopic (exact) mass is 773 g/mol. The first-order valence-electron chi connectivity index (χ1n) is 16.9. The van der Waals surface area contributed by atoms with Gasteiger partial charge in [-0.15, -0.1) is 0 Å². The molecule has 1 aliphatic carbocycles. The van der Waals surface area contributed by atoms with E-state index in [0.717, 1.165) is 4.90 Å². The molecule has 5 atom stereocenters. The number of methoxy groups -OCH3 is 1. The van der Waals surface area contributed by atoms with Gasteiger partial charge < -0.3 is 34.5 Å². The van der Waals surface area contributed by atoms with Gasteiger partial charge in [0, 0.05) is 31.2 Å². The molecule has 292 valence electrons. The van der Waals surface area contributed by atoms with E-state index in [0.29, 0.717) is 36.8 Å². The van der Waals surface area contributed by atoms with E-state index in [2.05, 4.69) is 15.6 Å². The summed E-state index contributed by atoms with van der Waals surface area (Å²) in [5.41, 5.74) is -4.63. The fourth-order valence-corrected chi connectivity index (χ4v) is 7.18. The number of carbonyl (C=O) groups is 4. The Balaban J connectivity index is 1.47. The predicted octanol–water partition coefficient (Wildman–Crippen LogP) is 2.66. The van der Waals surface area contributed by atoms with E-state index in [1.807, 2.05) is 0 Å². The van der Waals surface area contributed by atoms with Crippen LogP contribution in [0.1, 0.15) is 52.9 Å². The number of pyridine rings is 1. The molecule has 1 aromatic carbocycles. The third kappa shape index (κ3) is 8.86. The van der Waals surface area contributed by atoms with Crippen molar-refractivity contribution in [1.82, 2.24) is 25.2 Å². The first kappa shape index (κ1) is 39.8. The second-order valence-corrected chi connectivity index (χ2v) is 15.0. The summed E-state index contributed by atoms with van der Waals surface area (Å²) in [6.07, 6.45) is -5.14. The highest BCUT2D eigenvalue weighted by Crippen LogP contribution is 2.46. The number of benzene rings is 1. The van der Waals surface area contributed by atoms with Gasteiger partial charge in [-0.1, -0.05) is 13.3 Å². The van der Waals surface area contributed by atoms with Crippen molar-refractivity contribution in [1.29, 1.82) is 0 Å². The Morgan fingerprint density at radius 2 is 1.85 bits per heavy atom. The van der Waals surface area contributed by atoms with Crippen LogP contribution in [0.15, 0.2) is 30.5 Å². The van der Waals surface area contributed by atoms with Crippen LogP contribution in [0.4, 0.5) is 18.0 Å². The van der Waals surface area contributed by atoms with Crippen molar-refractivity contribution in [2.75, 3.05) is 26.9 Å². The number of aromatic nitrogens is 1. The highest BCUT2D eigenvalue weighted by molar-refractivity contribution is 7.84. The highest BCUT2D eigenvalue weighted by atomic mass is 32.2. The minimum Gasteiger partial charge on any atom is -0.497 e. The van der Waals surface area contributed by atoms with Crippen LogP contribution in [0.2, 0.25) is 0 Å². The summed E-state index contributed by atoms with van der Waals surface area (Å²) < 4.78 is 96.2. The van der Waals surface area contributed by atoms with Gasteiger partial charge in [0.2, 0.25) is 23.3 Å². The number of likely N-dealkylation sites (tertiary alicyclic amines) is 1. The maximum absolute atomic E-state index is 14.5. The number of hydrogen-bond donors (Lipinski definition) is 4. The summed E-state index contributed by atoms with van der Waals surface area (Å²) >= 11 is 0. The summed E-state index contributed by atoms with van der Waals surface area (Å²) in [5.74, 6) is -3.27. The Labute approximate surface area is 303 Å². The number of nitrogens with one attached hydrogen (secondary N) is 3. The molecule has 0 bridgehead atoms. The number of alkyl halides is 3. The number of amides is 4. The van der Waals surface area contributed by atoms with E-state index in [9.17, 15) is 45.3 Å². The molecule has 2 aliphatic heterocycles. The average Bonchev–Trinajstić information content (AvgIpc) is 3.64. The van der Waals surface area contributed by atoms with E-state index < -0.39 is 81.5 Å². The maximum atomic E-state index is 14.5. The molecule has 5 rings (SSSR count). The van der Waals surface area contributed by atoms with Gasteiger partial charge in [-0.05, 0) is 74.6 Å². The summed E-state index contributed by atoms with van der Waals surface area (Å²) in [6.45, 7) is 3.16. The van der Waals surface area contributed by atoms with Crippen LogP contribution in [-0.2, 0) is 34.2 Å². The van der Waals surface area contributed by atoms with Crippen LogP contribution >= 0.6 is 0 Å². The van der Waals surface area contributed by atoms with Crippen LogP contribution in [0.5, 0.6) is 11.6 Å². The van der Waals surface area contributed by atoms with Crippen LogP contribution in [0.3, 0.4) is 0 Å². The first-order chi connectivity index (χ1) is 24.8. The largest absolute Gasteiger partial charge is 0.497 e. The number of carbonyl (C=O) groups excluding carboxylic acids is 4. The molecule has 3 aliphatic rings. The molecule has 53 heavy (non-hydrogen) atoms. The smallest absolute Gasteiger partial charge is 0.427 e. The van der Waals surface area contributed by atoms with Crippen molar-refractivity contribution in [2.24, 2.45) is 11.8 Å². The Hall–Kier alpha value is -4.43. The summed E-state index contributed by atoms with van der Waals surface area (Å²) in [5, 5.41) is 6.19. The minimum absolute atomic E-state index is 0.0354. The number of fused-ring (bicyclic) bond motifs is 1. The Morgan fingerprint density at radius 1 is 1.15 bits per heavy atom. The molecule has 1 unspecified atom stereocenters. The minimum atomic E-state index is -4.98. The number of halogens is 3. The fraction of sp³-hybridized carbons (Fsp3) is 0.606. The zero-order chi connectivity index (χ0) is 38.9. The molecule has 1 aromatic heterocycles. The number of hydrogen-bond acceptors (Lipinski definition) is 11. The van der Waals surface area contributed by atoms with Crippen molar-refractivity contribution >= 4 is 44.9 Å². The number of ether oxygens (including phenoxy) is 4. The summed E-state index contributed by atoms with van der Waals surface area (Å²) in [6, 6.07) is 4.05. The SMILES string of the molecule is CC[C@@H]1C[C@]1(NC(=O)[C@@H]1CC(Oc2nccc3cc(OC)ccc23)CN1C(=O)[C@@H](NC(=O)OC(C)(C)C(F)(F)F)C1CCOCC1)C(=O)NS(=O)(=O)O. The van der Waals surface area contributed by atoms with Crippen molar-refractivity contribution in [3.05, 3.63) is 30.5 Å². The molecule has 1 saturated carbocycles. The molecule has 2 saturated heterocycles. The summed E-state index contributed by atoms with van der Waals surface area (Å²) in [4.78, 5) is 60.0. The molecule has 16 nitrogen and oxygen atoms in total. The van der Waals surface area contributed by atoms with Crippen molar-refractivity contribution in [3.8, 4) is 11.6 Å². The normalized spacial score (nSPS) is 24.2. The highest BCUT2D eigenvalue weighted by Gasteiger charge is 2.62. The average molecular weight is 774 g/mol. The van der Waals surface area contributed by atoms with Crippen molar-refractivity contribution in [2.45, 2.75) is 88.4 Å². The van der Waals surface area contributed by atoms with Gasteiger partial charge in [-0.3, -0.25) is 18.9 Å². The van der Waals surface area contributed by atoms with E-state index >= 15 is 0 Å². The van der Waals surface area contributed by atoms with Crippen LogP contribution in [0, 0.1) is 11.8 Å². The molecule has 20 heteroatoms. The van der Waals surface area contributed by atoms with Gasteiger partial charge in [-0.2, -0.15) is 21.6 Å². The maximum Gasteiger partial charge on any atom is 0.427 e. The quantitative estimate of drug-likeness (QED) is 0.230. The van der Waals surface area contributed by atoms with Gasteiger partial charge in [0.25, 0.3) is 5.91 Å². The lowest BCUT2D eigenvalue weighted by atomic mass is 9.90. The van der Waals surface area contributed by atoms with Gasteiger partial charge in [0.15, 0.2) is 0 Å². The zero-order valence-electron chi connectivity index (χ0n) is 29.4. The van der Waals surface area contributed by atoms with E-state index in [4.69, 9.17) is 18.9 Å². The van der Waals surface area contributed by atoms with Crippen LogP contribution < -0.4 is 24.8 Å². The predicted molar refractivity (Wildman–Crippen MR) is 179 cm³/mol. The molecule has 3 heterocycles. The van der Waals surface area contributed by atoms with Gasteiger partial charge in [-0.25, -0.2) is 14.5 Å². The lowest BCUT2D eigenvalue weighted by Gasteiger charge is -2.35. The molecule has 0 spiro atoms. The van der Waals surface area contributed by atoms with E-state index in [1.165, 1.54) is 18.0 Å².